The minimum absolute atomic E-state index is 0.184. The molecule has 0 radical (unpaired) electrons. The number of rotatable bonds is 7. The third-order valence-electron chi connectivity index (χ3n) is 4.20. The molecule has 30 heavy (non-hydrogen) atoms. The Labute approximate surface area is 188 Å². The first-order chi connectivity index (χ1) is 14.3. The predicted molar refractivity (Wildman–Crippen MR) is 121 cm³/mol. The number of benzene rings is 1. The Morgan fingerprint density at radius 3 is 2.67 bits per heavy atom. The first-order valence-corrected chi connectivity index (χ1v) is 10.9. The summed E-state index contributed by atoms with van der Waals surface area (Å²) in [6.45, 7) is 3.96. The number of amides is 2. The van der Waals surface area contributed by atoms with Gasteiger partial charge in [0.1, 0.15) is 6.04 Å². The normalized spacial score (nSPS) is 11.9. The van der Waals surface area contributed by atoms with E-state index in [1.54, 1.807) is 18.5 Å². The van der Waals surface area contributed by atoms with Crippen LogP contribution in [0.5, 0.6) is 0 Å². The lowest BCUT2D eigenvalue weighted by Crippen LogP contribution is -2.44. The third kappa shape index (κ3) is 5.78. The van der Waals surface area contributed by atoms with Gasteiger partial charge in [-0.15, -0.1) is 11.3 Å². The Morgan fingerprint density at radius 1 is 1.20 bits per heavy atom. The van der Waals surface area contributed by atoms with Gasteiger partial charge in [-0.2, -0.15) is 0 Å². The lowest BCUT2D eigenvalue weighted by Gasteiger charge is -2.20. The van der Waals surface area contributed by atoms with Crippen LogP contribution in [0.3, 0.4) is 0 Å². The molecule has 1 atom stereocenters. The van der Waals surface area contributed by atoms with Gasteiger partial charge in [-0.25, -0.2) is 4.98 Å². The van der Waals surface area contributed by atoms with E-state index in [0.717, 1.165) is 11.3 Å². The van der Waals surface area contributed by atoms with Crippen molar-refractivity contribution in [3.63, 3.8) is 0 Å². The quantitative estimate of drug-likeness (QED) is 0.499. The summed E-state index contributed by atoms with van der Waals surface area (Å²) in [5, 5.41) is 8.52. The van der Waals surface area contributed by atoms with Crippen LogP contribution >= 0.6 is 34.5 Å². The van der Waals surface area contributed by atoms with Crippen molar-refractivity contribution < 1.29 is 9.59 Å². The van der Waals surface area contributed by atoms with Crippen LogP contribution in [0, 0.1) is 5.92 Å². The smallest absolute Gasteiger partial charge is 0.253 e. The highest BCUT2D eigenvalue weighted by Crippen LogP contribution is 2.25. The summed E-state index contributed by atoms with van der Waals surface area (Å²) in [6, 6.07) is 7.58. The zero-order chi connectivity index (χ0) is 21.7. The van der Waals surface area contributed by atoms with Gasteiger partial charge in [0, 0.05) is 28.4 Å². The average molecular weight is 463 g/mol. The number of hydrogen-bond donors (Lipinski definition) is 2. The summed E-state index contributed by atoms with van der Waals surface area (Å²) >= 11 is 13.3. The van der Waals surface area contributed by atoms with Crippen LogP contribution in [0.1, 0.15) is 30.6 Å². The van der Waals surface area contributed by atoms with Crippen molar-refractivity contribution in [2.45, 2.75) is 26.3 Å². The molecule has 3 aromatic rings. The Bertz CT molecular complexity index is 1040. The molecule has 9 heteroatoms. The molecule has 2 N–H and O–H groups in total. The molecular formula is C21H20Cl2N4O2S. The third-order valence-corrected chi connectivity index (χ3v) is 5.50. The van der Waals surface area contributed by atoms with Gasteiger partial charge in [0.15, 0.2) is 5.13 Å². The zero-order valence-electron chi connectivity index (χ0n) is 16.4. The topological polar surface area (TPSA) is 84.0 Å². The van der Waals surface area contributed by atoms with Crippen molar-refractivity contribution in [1.29, 1.82) is 0 Å². The fraction of sp³-hybridized carbons (Fsp3) is 0.238. The van der Waals surface area contributed by atoms with Crippen LogP contribution < -0.4 is 10.6 Å². The second-order valence-corrected chi connectivity index (χ2v) is 8.75. The number of anilines is 1. The molecule has 0 aliphatic rings. The number of carbonyl (C=O) groups is 2. The molecule has 2 aromatic heterocycles. The molecule has 0 bridgehead atoms. The van der Waals surface area contributed by atoms with Crippen LogP contribution in [0.15, 0.2) is 48.1 Å². The van der Waals surface area contributed by atoms with Crippen LogP contribution in [0.4, 0.5) is 5.13 Å². The highest BCUT2D eigenvalue weighted by atomic mass is 35.5. The van der Waals surface area contributed by atoms with Crippen LogP contribution in [0.25, 0.3) is 11.3 Å². The molecule has 6 nitrogen and oxygen atoms in total. The minimum Gasteiger partial charge on any atom is -0.340 e. The summed E-state index contributed by atoms with van der Waals surface area (Å²) in [7, 11) is 0. The van der Waals surface area contributed by atoms with E-state index in [2.05, 4.69) is 20.6 Å². The van der Waals surface area contributed by atoms with Gasteiger partial charge < -0.3 is 10.6 Å². The van der Waals surface area contributed by atoms with Crippen molar-refractivity contribution in [3.8, 4) is 11.3 Å². The Kier molecular flexibility index (Phi) is 7.42. The Morgan fingerprint density at radius 2 is 2.00 bits per heavy atom. The zero-order valence-corrected chi connectivity index (χ0v) is 18.7. The van der Waals surface area contributed by atoms with Gasteiger partial charge in [0.2, 0.25) is 5.91 Å². The highest BCUT2D eigenvalue weighted by Gasteiger charge is 2.24. The van der Waals surface area contributed by atoms with Crippen LogP contribution in [-0.2, 0) is 4.79 Å². The molecule has 0 saturated heterocycles. The largest absolute Gasteiger partial charge is 0.340 e. The first-order valence-electron chi connectivity index (χ1n) is 9.26. The molecule has 0 aliphatic heterocycles. The maximum atomic E-state index is 12.9. The molecule has 156 valence electrons. The number of thiazole rings is 1. The summed E-state index contributed by atoms with van der Waals surface area (Å²) < 4.78 is 0. The van der Waals surface area contributed by atoms with E-state index in [9.17, 15) is 9.59 Å². The molecule has 3 rings (SSSR count). The van der Waals surface area contributed by atoms with Gasteiger partial charge in [-0.05, 0) is 42.7 Å². The van der Waals surface area contributed by atoms with Crippen molar-refractivity contribution >= 4 is 51.5 Å². The standard InChI is InChI=1S/C21H20Cl2N4O2S/c1-12(2)8-17(25-19(28)15-6-5-14(22)9-16(15)23)20(29)27-21-26-18(11-30-21)13-4-3-7-24-10-13/h3-7,9-12,17H,8H2,1-2H3,(H,25,28)(H,26,27,29). The van der Waals surface area contributed by atoms with Gasteiger partial charge in [-0.3, -0.25) is 14.6 Å². The van der Waals surface area contributed by atoms with Crippen molar-refractivity contribution in [3.05, 3.63) is 63.7 Å². The lowest BCUT2D eigenvalue weighted by atomic mass is 10.0. The molecule has 2 heterocycles. The van der Waals surface area contributed by atoms with E-state index in [-0.39, 0.29) is 22.4 Å². The van der Waals surface area contributed by atoms with E-state index in [0.29, 0.717) is 16.6 Å². The summed E-state index contributed by atoms with van der Waals surface area (Å²) in [4.78, 5) is 34.1. The number of hydrogen-bond acceptors (Lipinski definition) is 5. The molecule has 0 saturated carbocycles. The fourth-order valence-electron chi connectivity index (χ4n) is 2.78. The average Bonchev–Trinajstić information content (AvgIpc) is 3.16. The van der Waals surface area contributed by atoms with E-state index < -0.39 is 11.9 Å². The Hall–Kier alpha value is -2.48. The summed E-state index contributed by atoms with van der Waals surface area (Å²) in [5.74, 6) is -0.592. The fourth-order valence-corrected chi connectivity index (χ4v) is 4.00. The predicted octanol–water partition coefficient (Wildman–Crippen LogP) is 5.30. The van der Waals surface area contributed by atoms with Gasteiger partial charge in [0.25, 0.3) is 5.91 Å². The SMILES string of the molecule is CC(C)CC(NC(=O)c1ccc(Cl)cc1Cl)C(=O)Nc1nc(-c2cccnc2)cs1. The number of halogens is 2. The number of nitrogens with zero attached hydrogens (tertiary/aromatic N) is 2. The van der Waals surface area contributed by atoms with Crippen molar-refractivity contribution in [2.24, 2.45) is 5.92 Å². The monoisotopic (exact) mass is 462 g/mol. The van der Waals surface area contributed by atoms with Gasteiger partial charge >= 0.3 is 0 Å². The molecule has 1 unspecified atom stereocenters. The summed E-state index contributed by atoms with van der Waals surface area (Å²) in [6.07, 6.45) is 3.85. The van der Waals surface area contributed by atoms with E-state index in [1.807, 2.05) is 31.4 Å². The molecule has 0 fully saturated rings. The van der Waals surface area contributed by atoms with Crippen LogP contribution in [-0.4, -0.2) is 27.8 Å². The summed E-state index contributed by atoms with van der Waals surface area (Å²) in [5.41, 5.74) is 1.84. The van der Waals surface area contributed by atoms with E-state index in [1.165, 1.54) is 23.5 Å². The second-order valence-electron chi connectivity index (χ2n) is 7.05. The maximum absolute atomic E-state index is 12.9. The highest BCUT2D eigenvalue weighted by molar-refractivity contribution is 7.14. The van der Waals surface area contributed by atoms with Gasteiger partial charge in [-0.1, -0.05) is 37.0 Å². The number of aromatic nitrogens is 2. The number of carbonyl (C=O) groups excluding carboxylic acids is 2. The van der Waals surface area contributed by atoms with Crippen LogP contribution in [0.2, 0.25) is 10.0 Å². The molecule has 0 spiro atoms. The Balaban J connectivity index is 1.72. The number of nitrogens with one attached hydrogen (secondary N) is 2. The molecule has 1 aromatic carbocycles. The van der Waals surface area contributed by atoms with E-state index >= 15 is 0 Å². The molecule has 2 amide bonds. The second kappa shape index (κ2) is 10.0. The first kappa shape index (κ1) is 22.2. The van der Waals surface area contributed by atoms with E-state index in [4.69, 9.17) is 23.2 Å². The van der Waals surface area contributed by atoms with Crippen molar-refractivity contribution in [2.75, 3.05) is 5.32 Å². The number of pyridine rings is 1. The van der Waals surface area contributed by atoms with Gasteiger partial charge in [0.05, 0.1) is 16.3 Å². The molecule has 0 aliphatic carbocycles. The van der Waals surface area contributed by atoms with Crippen molar-refractivity contribution in [1.82, 2.24) is 15.3 Å². The maximum Gasteiger partial charge on any atom is 0.253 e. The molecular weight excluding hydrogens is 443 g/mol. The lowest BCUT2D eigenvalue weighted by molar-refractivity contribution is -0.118. The minimum atomic E-state index is -0.741.